The van der Waals surface area contributed by atoms with Gasteiger partial charge >= 0.3 is 0 Å². The third kappa shape index (κ3) is 3.19. The number of nitrogens with two attached hydrogens (primary N) is 1. The molecule has 0 aromatic rings. The summed E-state index contributed by atoms with van der Waals surface area (Å²) < 4.78 is 0. The molecule has 2 rings (SSSR count). The molecule has 3 nitrogen and oxygen atoms in total. The normalized spacial score (nSPS) is 31.3. The van der Waals surface area contributed by atoms with E-state index in [0.29, 0.717) is 0 Å². The summed E-state index contributed by atoms with van der Waals surface area (Å²) in [6.07, 6.45) is 8.24. The van der Waals surface area contributed by atoms with Gasteiger partial charge in [0.25, 0.3) is 0 Å². The molecule has 0 spiro atoms. The third-order valence-corrected chi connectivity index (χ3v) is 4.19. The second-order valence-electron chi connectivity index (χ2n) is 5.35. The van der Waals surface area contributed by atoms with E-state index in [0.717, 1.165) is 31.5 Å². The Labute approximate surface area is 99.8 Å². The van der Waals surface area contributed by atoms with Gasteiger partial charge in [0.2, 0.25) is 0 Å². The Balaban J connectivity index is 1.74. The molecule has 0 unspecified atom stereocenters. The first kappa shape index (κ1) is 12.3. The second kappa shape index (κ2) is 6.58. The van der Waals surface area contributed by atoms with E-state index in [4.69, 9.17) is 5.73 Å². The van der Waals surface area contributed by atoms with E-state index < -0.39 is 0 Å². The lowest BCUT2D eigenvalue weighted by molar-refractivity contribution is 0.0595. The maximum absolute atomic E-state index is 5.51. The van der Waals surface area contributed by atoms with Crippen molar-refractivity contribution in [1.29, 1.82) is 0 Å². The van der Waals surface area contributed by atoms with E-state index in [-0.39, 0.29) is 0 Å². The summed E-state index contributed by atoms with van der Waals surface area (Å²) >= 11 is 0. The predicted octanol–water partition coefficient (Wildman–Crippen LogP) is 1.19. The summed E-state index contributed by atoms with van der Waals surface area (Å²) in [5.41, 5.74) is 5.51. The first-order chi connectivity index (χ1) is 7.92. The number of hydrogen-bond acceptors (Lipinski definition) is 3. The number of nitrogens with zero attached hydrogens (tertiary/aromatic N) is 1. The van der Waals surface area contributed by atoms with Gasteiger partial charge in [-0.1, -0.05) is 6.42 Å². The van der Waals surface area contributed by atoms with Crippen LogP contribution in [-0.2, 0) is 0 Å². The van der Waals surface area contributed by atoms with Crippen molar-refractivity contribution in [3.05, 3.63) is 0 Å². The third-order valence-electron chi connectivity index (χ3n) is 4.19. The SMILES string of the molecule is NCCCNC[C@H]1CCCN2CCCC[C@H]12. The van der Waals surface area contributed by atoms with Crippen LogP contribution in [0.1, 0.15) is 38.5 Å². The zero-order chi connectivity index (χ0) is 11.2. The summed E-state index contributed by atoms with van der Waals surface area (Å²) in [5, 5.41) is 3.58. The van der Waals surface area contributed by atoms with Crippen LogP contribution in [0, 0.1) is 5.92 Å². The number of rotatable bonds is 5. The van der Waals surface area contributed by atoms with Crippen LogP contribution >= 0.6 is 0 Å². The Kier molecular flexibility index (Phi) is 5.07. The summed E-state index contributed by atoms with van der Waals surface area (Å²) in [6.45, 7) is 5.82. The Bertz CT molecular complexity index is 194. The topological polar surface area (TPSA) is 41.3 Å². The molecule has 0 saturated carbocycles. The van der Waals surface area contributed by atoms with Crippen LogP contribution < -0.4 is 11.1 Å². The van der Waals surface area contributed by atoms with Crippen LogP contribution in [0.5, 0.6) is 0 Å². The summed E-state index contributed by atoms with van der Waals surface area (Å²) in [4.78, 5) is 2.74. The smallest absolute Gasteiger partial charge is 0.0136 e. The van der Waals surface area contributed by atoms with Crippen molar-refractivity contribution >= 4 is 0 Å². The maximum atomic E-state index is 5.51. The van der Waals surface area contributed by atoms with E-state index in [9.17, 15) is 0 Å². The molecule has 16 heavy (non-hydrogen) atoms. The van der Waals surface area contributed by atoms with Crippen LogP contribution in [0.3, 0.4) is 0 Å². The Morgan fingerprint density at radius 3 is 2.88 bits per heavy atom. The molecule has 2 saturated heterocycles. The van der Waals surface area contributed by atoms with Crippen molar-refractivity contribution in [2.24, 2.45) is 11.7 Å². The molecule has 3 heteroatoms. The lowest BCUT2D eigenvalue weighted by atomic mass is 9.83. The van der Waals surface area contributed by atoms with Gasteiger partial charge in [0.1, 0.15) is 0 Å². The monoisotopic (exact) mass is 225 g/mol. The van der Waals surface area contributed by atoms with Crippen molar-refractivity contribution in [3.63, 3.8) is 0 Å². The van der Waals surface area contributed by atoms with Crippen molar-refractivity contribution < 1.29 is 0 Å². The number of nitrogens with one attached hydrogen (secondary N) is 1. The van der Waals surface area contributed by atoms with Gasteiger partial charge in [-0.15, -0.1) is 0 Å². The van der Waals surface area contributed by atoms with E-state index in [1.165, 1.54) is 51.7 Å². The standard InChI is InChI=1S/C13H27N3/c14-7-4-8-15-11-12-5-3-10-16-9-2-1-6-13(12)16/h12-13,15H,1-11,14H2/t12-,13-/m1/s1. The quantitative estimate of drug-likeness (QED) is 0.691. The highest BCUT2D eigenvalue weighted by Crippen LogP contribution is 2.30. The lowest BCUT2D eigenvalue weighted by Crippen LogP contribution is -2.50. The molecule has 2 heterocycles. The van der Waals surface area contributed by atoms with Gasteiger partial charge in [-0.2, -0.15) is 0 Å². The highest BCUT2D eigenvalue weighted by molar-refractivity contribution is 4.87. The molecule has 2 aliphatic rings. The first-order valence-corrected chi connectivity index (χ1v) is 7.06. The van der Waals surface area contributed by atoms with Crippen LogP contribution in [0.25, 0.3) is 0 Å². The second-order valence-corrected chi connectivity index (χ2v) is 5.35. The molecule has 0 radical (unpaired) electrons. The van der Waals surface area contributed by atoms with E-state index >= 15 is 0 Å². The molecule has 2 aliphatic heterocycles. The fourth-order valence-electron chi connectivity index (χ4n) is 3.33. The van der Waals surface area contributed by atoms with Gasteiger partial charge in [-0.05, 0) is 70.7 Å². The van der Waals surface area contributed by atoms with Gasteiger partial charge in [0, 0.05) is 6.04 Å². The summed E-state index contributed by atoms with van der Waals surface area (Å²) in [5.74, 6) is 0.895. The molecular formula is C13H27N3. The zero-order valence-corrected chi connectivity index (χ0v) is 10.5. The molecule has 0 bridgehead atoms. The first-order valence-electron chi connectivity index (χ1n) is 7.06. The highest BCUT2D eigenvalue weighted by Gasteiger charge is 2.32. The molecular weight excluding hydrogens is 198 g/mol. The predicted molar refractivity (Wildman–Crippen MR) is 68.5 cm³/mol. The minimum atomic E-state index is 0.813. The van der Waals surface area contributed by atoms with E-state index in [1.807, 2.05) is 0 Å². The molecule has 0 aromatic heterocycles. The molecule has 2 atom stereocenters. The van der Waals surface area contributed by atoms with Crippen LogP contribution in [-0.4, -0.2) is 43.7 Å². The Morgan fingerprint density at radius 2 is 2.00 bits per heavy atom. The van der Waals surface area contributed by atoms with E-state index in [2.05, 4.69) is 10.2 Å². The maximum Gasteiger partial charge on any atom is 0.0136 e. The van der Waals surface area contributed by atoms with Gasteiger partial charge in [-0.25, -0.2) is 0 Å². The van der Waals surface area contributed by atoms with E-state index in [1.54, 1.807) is 0 Å². The summed E-state index contributed by atoms with van der Waals surface area (Å²) in [6, 6.07) is 0.882. The average molecular weight is 225 g/mol. The van der Waals surface area contributed by atoms with Gasteiger partial charge in [0.15, 0.2) is 0 Å². The van der Waals surface area contributed by atoms with Gasteiger partial charge in [0.05, 0.1) is 0 Å². The molecule has 3 N–H and O–H groups in total. The molecule has 0 aromatic carbocycles. The zero-order valence-electron chi connectivity index (χ0n) is 10.5. The van der Waals surface area contributed by atoms with Gasteiger partial charge in [-0.3, -0.25) is 0 Å². The summed E-state index contributed by atoms with van der Waals surface area (Å²) in [7, 11) is 0. The van der Waals surface area contributed by atoms with Crippen molar-refractivity contribution in [3.8, 4) is 0 Å². The lowest BCUT2D eigenvalue weighted by Gasteiger charge is -2.44. The van der Waals surface area contributed by atoms with Crippen molar-refractivity contribution in [2.45, 2.75) is 44.6 Å². The van der Waals surface area contributed by atoms with Crippen LogP contribution in [0.15, 0.2) is 0 Å². The van der Waals surface area contributed by atoms with Crippen molar-refractivity contribution in [2.75, 3.05) is 32.7 Å². The number of hydrogen-bond donors (Lipinski definition) is 2. The largest absolute Gasteiger partial charge is 0.330 e. The minimum Gasteiger partial charge on any atom is -0.330 e. The van der Waals surface area contributed by atoms with Crippen LogP contribution in [0.4, 0.5) is 0 Å². The molecule has 0 amide bonds. The number of fused-ring (bicyclic) bond motifs is 1. The fourth-order valence-corrected chi connectivity index (χ4v) is 3.33. The Hall–Kier alpha value is -0.120. The molecule has 94 valence electrons. The molecule has 0 aliphatic carbocycles. The average Bonchev–Trinajstić information content (AvgIpc) is 2.35. The minimum absolute atomic E-state index is 0.813. The Morgan fingerprint density at radius 1 is 1.12 bits per heavy atom. The van der Waals surface area contributed by atoms with Gasteiger partial charge < -0.3 is 16.0 Å². The fraction of sp³-hybridized carbons (Fsp3) is 1.00. The highest BCUT2D eigenvalue weighted by atomic mass is 15.2. The number of piperidine rings is 2. The van der Waals surface area contributed by atoms with Crippen molar-refractivity contribution in [1.82, 2.24) is 10.2 Å². The molecule has 2 fully saturated rings. The van der Waals surface area contributed by atoms with Crippen LogP contribution in [0.2, 0.25) is 0 Å².